The first kappa shape index (κ1) is 24.9. The largest absolute Gasteiger partial charge is 0.456 e. The van der Waals surface area contributed by atoms with E-state index in [0.29, 0.717) is 5.82 Å². The van der Waals surface area contributed by atoms with Crippen LogP contribution in [0.4, 0.5) is 0 Å². The molecule has 5 aromatic carbocycles. The number of furan rings is 1. The minimum atomic E-state index is 0.667. The number of aromatic nitrogens is 3. The second-order valence-corrected chi connectivity index (χ2v) is 10.5. The SMILES string of the molecule is c1ccc(-c2cccc(-c3cc(-c4cccnc4-c4ccc5c(c4)oc4ccccc45)nc(-c4ccccc4)n3)c2)cc1. The topological polar surface area (TPSA) is 51.8 Å². The lowest BCUT2D eigenvalue weighted by atomic mass is 9.99. The highest BCUT2D eigenvalue weighted by atomic mass is 16.3. The molecule has 0 amide bonds. The molecule has 0 atom stereocenters. The first-order valence-electron chi connectivity index (χ1n) is 14.3. The maximum absolute atomic E-state index is 6.21. The van der Waals surface area contributed by atoms with Crippen molar-refractivity contribution < 1.29 is 4.42 Å². The van der Waals surface area contributed by atoms with Crippen molar-refractivity contribution in [2.75, 3.05) is 0 Å². The van der Waals surface area contributed by atoms with E-state index in [1.165, 1.54) is 0 Å². The second kappa shape index (κ2) is 10.5. The van der Waals surface area contributed by atoms with Gasteiger partial charge in [0.1, 0.15) is 11.2 Å². The minimum Gasteiger partial charge on any atom is -0.456 e. The van der Waals surface area contributed by atoms with Gasteiger partial charge in [0.2, 0.25) is 0 Å². The monoisotopic (exact) mass is 551 g/mol. The van der Waals surface area contributed by atoms with Gasteiger partial charge in [0, 0.05) is 39.2 Å². The molecule has 202 valence electrons. The van der Waals surface area contributed by atoms with Gasteiger partial charge in [-0.15, -0.1) is 0 Å². The van der Waals surface area contributed by atoms with E-state index in [-0.39, 0.29) is 0 Å². The highest BCUT2D eigenvalue weighted by Crippen LogP contribution is 2.36. The molecule has 0 unspecified atom stereocenters. The van der Waals surface area contributed by atoms with Crippen molar-refractivity contribution in [3.63, 3.8) is 0 Å². The Morgan fingerprint density at radius 2 is 1.12 bits per heavy atom. The van der Waals surface area contributed by atoms with Gasteiger partial charge in [0.05, 0.1) is 17.1 Å². The summed E-state index contributed by atoms with van der Waals surface area (Å²) in [5.41, 5.74) is 10.4. The average molecular weight is 552 g/mol. The smallest absolute Gasteiger partial charge is 0.160 e. The number of hydrogen-bond donors (Lipinski definition) is 0. The summed E-state index contributed by atoms with van der Waals surface area (Å²) in [4.78, 5) is 15.0. The third-order valence-electron chi connectivity index (χ3n) is 7.76. The zero-order chi connectivity index (χ0) is 28.6. The van der Waals surface area contributed by atoms with E-state index in [0.717, 1.165) is 72.4 Å². The Kier molecular flexibility index (Phi) is 6.08. The lowest BCUT2D eigenvalue weighted by Crippen LogP contribution is -1.98. The molecule has 3 heterocycles. The minimum absolute atomic E-state index is 0.667. The van der Waals surface area contributed by atoms with Gasteiger partial charge >= 0.3 is 0 Å². The van der Waals surface area contributed by atoms with Crippen molar-refractivity contribution in [1.82, 2.24) is 15.0 Å². The molecule has 0 aliphatic rings. The van der Waals surface area contributed by atoms with Gasteiger partial charge in [-0.3, -0.25) is 4.98 Å². The molecule has 0 saturated carbocycles. The molecular formula is C39H25N3O. The van der Waals surface area contributed by atoms with E-state index in [9.17, 15) is 0 Å². The molecule has 8 aromatic rings. The van der Waals surface area contributed by atoms with Crippen LogP contribution in [0.5, 0.6) is 0 Å². The lowest BCUT2D eigenvalue weighted by Gasteiger charge is -2.13. The first-order chi connectivity index (χ1) is 21.3. The fourth-order valence-electron chi connectivity index (χ4n) is 5.65. The summed E-state index contributed by atoms with van der Waals surface area (Å²) >= 11 is 0. The normalized spacial score (nSPS) is 11.3. The summed E-state index contributed by atoms with van der Waals surface area (Å²) in [6.45, 7) is 0. The van der Waals surface area contributed by atoms with E-state index >= 15 is 0 Å². The summed E-state index contributed by atoms with van der Waals surface area (Å²) in [6.07, 6.45) is 1.82. The van der Waals surface area contributed by atoms with E-state index in [4.69, 9.17) is 19.4 Å². The molecule has 0 saturated heterocycles. The van der Waals surface area contributed by atoms with Gasteiger partial charge in [0.15, 0.2) is 5.82 Å². The van der Waals surface area contributed by atoms with Gasteiger partial charge < -0.3 is 4.42 Å². The molecule has 0 aliphatic carbocycles. The summed E-state index contributed by atoms with van der Waals surface area (Å²) in [7, 11) is 0. The van der Waals surface area contributed by atoms with Crippen molar-refractivity contribution >= 4 is 21.9 Å². The molecule has 0 N–H and O–H groups in total. The molecule has 8 rings (SSSR count). The summed E-state index contributed by atoms with van der Waals surface area (Å²) < 4.78 is 6.21. The Labute approximate surface area is 249 Å². The fourth-order valence-corrected chi connectivity index (χ4v) is 5.65. The van der Waals surface area contributed by atoms with Crippen molar-refractivity contribution in [3.8, 4) is 56.3 Å². The molecule has 0 bridgehead atoms. The van der Waals surface area contributed by atoms with Crippen LogP contribution in [0, 0.1) is 0 Å². The molecule has 0 spiro atoms. The summed E-state index contributed by atoms with van der Waals surface area (Å²) in [5.74, 6) is 0.667. The average Bonchev–Trinajstić information content (AvgIpc) is 3.47. The van der Waals surface area contributed by atoms with Crippen LogP contribution in [0.2, 0.25) is 0 Å². The first-order valence-corrected chi connectivity index (χ1v) is 14.3. The molecular weight excluding hydrogens is 526 g/mol. The second-order valence-electron chi connectivity index (χ2n) is 10.5. The van der Waals surface area contributed by atoms with E-state index in [2.05, 4.69) is 84.9 Å². The maximum Gasteiger partial charge on any atom is 0.160 e. The zero-order valence-electron chi connectivity index (χ0n) is 23.2. The Bertz CT molecular complexity index is 2240. The zero-order valence-corrected chi connectivity index (χ0v) is 23.2. The van der Waals surface area contributed by atoms with Crippen LogP contribution in [-0.2, 0) is 0 Å². The predicted molar refractivity (Wildman–Crippen MR) is 174 cm³/mol. The van der Waals surface area contributed by atoms with Crippen molar-refractivity contribution in [2.45, 2.75) is 0 Å². The molecule has 4 heteroatoms. The van der Waals surface area contributed by atoms with Crippen LogP contribution in [0.1, 0.15) is 0 Å². The number of rotatable bonds is 5. The van der Waals surface area contributed by atoms with Gasteiger partial charge in [-0.2, -0.15) is 0 Å². The lowest BCUT2D eigenvalue weighted by molar-refractivity contribution is 0.669. The molecule has 0 aliphatic heterocycles. The fraction of sp³-hybridized carbons (Fsp3) is 0. The third kappa shape index (κ3) is 4.65. The Morgan fingerprint density at radius 3 is 1.98 bits per heavy atom. The number of para-hydroxylation sites is 1. The number of pyridine rings is 1. The van der Waals surface area contributed by atoms with E-state index < -0.39 is 0 Å². The van der Waals surface area contributed by atoms with Gasteiger partial charge in [0.25, 0.3) is 0 Å². The summed E-state index contributed by atoms with van der Waals surface area (Å²) in [5, 5.41) is 2.20. The molecule has 3 aromatic heterocycles. The number of fused-ring (bicyclic) bond motifs is 3. The quantitative estimate of drug-likeness (QED) is 0.214. The highest BCUT2D eigenvalue weighted by molar-refractivity contribution is 6.06. The van der Waals surface area contributed by atoms with Crippen molar-refractivity contribution in [2.24, 2.45) is 0 Å². The number of benzene rings is 5. The van der Waals surface area contributed by atoms with Gasteiger partial charge in [-0.25, -0.2) is 9.97 Å². The van der Waals surface area contributed by atoms with Crippen LogP contribution >= 0.6 is 0 Å². The predicted octanol–water partition coefficient (Wildman–Crippen LogP) is 10.1. The van der Waals surface area contributed by atoms with Gasteiger partial charge in [-0.1, -0.05) is 103 Å². The Hall–Kier alpha value is -5.87. The van der Waals surface area contributed by atoms with Crippen LogP contribution < -0.4 is 0 Å². The number of nitrogens with zero attached hydrogens (tertiary/aromatic N) is 3. The van der Waals surface area contributed by atoms with Gasteiger partial charge in [-0.05, 0) is 53.6 Å². The molecule has 4 nitrogen and oxygen atoms in total. The maximum atomic E-state index is 6.21. The van der Waals surface area contributed by atoms with Crippen LogP contribution in [0.25, 0.3) is 78.2 Å². The molecule has 43 heavy (non-hydrogen) atoms. The van der Waals surface area contributed by atoms with E-state index in [1.807, 2.05) is 66.9 Å². The summed E-state index contributed by atoms with van der Waals surface area (Å²) in [6, 6.07) is 49.6. The van der Waals surface area contributed by atoms with Crippen molar-refractivity contribution in [1.29, 1.82) is 0 Å². The Morgan fingerprint density at radius 1 is 0.419 bits per heavy atom. The third-order valence-corrected chi connectivity index (χ3v) is 7.76. The molecule has 0 fully saturated rings. The van der Waals surface area contributed by atoms with E-state index in [1.54, 1.807) is 0 Å². The molecule has 0 radical (unpaired) electrons. The Balaban J connectivity index is 1.30. The number of hydrogen-bond acceptors (Lipinski definition) is 4. The van der Waals surface area contributed by atoms with Crippen molar-refractivity contribution in [3.05, 3.63) is 152 Å². The highest BCUT2D eigenvalue weighted by Gasteiger charge is 2.16. The van der Waals surface area contributed by atoms with Crippen LogP contribution in [-0.4, -0.2) is 15.0 Å². The standard InChI is InChI=1S/C39H25N3O/c1-3-11-26(12-4-1)28-15-9-16-29(23-28)34-25-35(42-39(41-34)27-13-5-2-6-14-27)33-18-10-22-40-38(33)30-20-21-32-31-17-7-8-19-36(31)43-37(32)24-30/h1-25H. The van der Waals surface area contributed by atoms with Crippen LogP contribution in [0.3, 0.4) is 0 Å². The van der Waals surface area contributed by atoms with Crippen LogP contribution in [0.15, 0.2) is 156 Å².